The molecule has 0 radical (unpaired) electrons. The molecule has 0 amide bonds. The Morgan fingerprint density at radius 1 is 1.50 bits per heavy atom. The van der Waals surface area contributed by atoms with Crippen LogP contribution in [0.25, 0.3) is 0 Å². The Bertz CT molecular complexity index is 390. The average Bonchev–Trinajstić information content (AvgIpc) is 2.75. The van der Waals surface area contributed by atoms with Gasteiger partial charge in [0.1, 0.15) is 5.84 Å². The standard InChI is InChI=1S/C12H16ClN3/c1-2-7-14-12-6-8-16(15-12)11-5-3-4-10(13)9-11/h3-5,9H,2,6-8H2,1H3,(H,14,15). The van der Waals surface area contributed by atoms with Crippen LogP contribution in [0, 0.1) is 0 Å². The lowest BCUT2D eigenvalue weighted by Crippen LogP contribution is -2.22. The van der Waals surface area contributed by atoms with E-state index < -0.39 is 0 Å². The van der Waals surface area contributed by atoms with Crippen LogP contribution in [0.4, 0.5) is 5.69 Å². The van der Waals surface area contributed by atoms with Crippen LogP contribution < -0.4 is 10.3 Å². The number of halogens is 1. The van der Waals surface area contributed by atoms with Gasteiger partial charge in [-0.3, -0.25) is 5.01 Å². The molecular formula is C12H16ClN3. The molecule has 1 N–H and O–H groups in total. The predicted molar refractivity (Wildman–Crippen MR) is 69.1 cm³/mol. The van der Waals surface area contributed by atoms with Crippen LogP contribution in [-0.4, -0.2) is 18.9 Å². The normalized spacial score (nSPS) is 15.1. The van der Waals surface area contributed by atoms with Gasteiger partial charge in [0.2, 0.25) is 0 Å². The van der Waals surface area contributed by atoms with E-state index in [9.17, 15) is 0 Å². The number of amidine groups is 1. The fraction of sp³-hybridized carbons (Fsp3) is 0.417. The molecule has 0 saturated carbocycles. The zero-order valence-electron chi connectivity index (χ0n) is 9.41. The van der Waals surface area contributed by atoms with Crippen LogP contribution in [0.5, 0.6) is 0 Å². The highest BCUT2D eigenvalue weighted by Crippen LogP contribution is 2.22. The van der Waals surface area contributed by atoms with Gasteiger partial charge in [-0.05, 0) is 24.6 Å². The van der Waals surface area contributed by atoms with E-state index >= 15 is 0 Å². The molecule has 86 valence electrons. The fourth-order valence-electron chi connectivity index (χ4n) is 1.67. The molecule has 0 bridgehead atoms. The third-order valence-corrected chi connectivity index (χ3v) is 2.72. The minimum absolute atomic E-state index is 0.752. The molecule has 0 unspecified atom stereocenters. The first kappa shape index (κ1) is 11.3. The van der Waals surface area contributed by atoms with E-state index in [1.54, 1.807) is 0 Å². The molecule has 1 aromatic rings. The van der Waals surface area contributed by atoms with E-state index in [-0.39, 0.29) is 0 Å². The van der Waals surface area contributed by atoms with Crippen molar-refractivity contribution in [2.45, 2.75) is 19.8 Å². The molecular weight excluding hydrogens is 222 g/mol. The molecule has 0 saturated heterocycles. The summed E-state index contributed by atoms with van der Waals surface area (Å²) < 4.78 is 0. The van der Waals surface area contributed by atoms with Crippen LogP contribution >= 0.6 is 11.6 Å². The van der Waals surface area contributed by atoms with Crippen LogP contribution in [0.1, 0.15) is 19.8 Å². The van der Waals surface area contributed by atoms with Gasteiger partial charge in [0.05, 0.1) is 5.69 Å². The van der Waals surface area contributed by atoms with Crippen molar-refractivity contribution in [3.63, 3.8) is 0 Å². The fourth-order valence-corrected chi connectivity index (χ4v) is 1.86. The van der Waals surface area contributed by atoms with Gasteiger partial charge in [-0.15, -0.1) is 0 Å². The lowest BCUT2D eigenvalue weighted by atomic mass is 10.3. The van der Waals surface area contributed by atoms with Crippen molar-refractivity contribution in [2.75, 3.05) is 18.1 Å². The van der Waals surface area contributed by atoms with Gasteiger partial charge in [-0.1, -0.05) is 24.6 Å². The molecule has 0 spiro atoms. The van der Waals surface area contributed by atoms with E-state index in [0.717, 1.165) is 42.5 Å². The number of nitrogens with one attached hydrogen (secondary N) is 1. The van der Waals surface area contributed by atoms with Gasteiger partial charge < -0.3 is 5.32 Å². The molecule has 0 aliphatic carbocycles. The second-order valence-corrected chi connectivity index (χ2v) is 4.26. The molecule has 0 aromatic heterocycles. The van der Waals surface area contributed by atoms with Gasteiger partial charge in [0, 0.05) is 24.5 Å². The number of benzene rings is 1. The minimum Gasteiger partial charge on any atom is -0.372 e. The summed E-state index contributed by atoms with van der Waals surface area (Å²) in [6.07, 6.45) is 2.10. The molecule has 1 heterocycles. The van der Waals surface area contributed by atoms with Crippen molar-refractivity contribution < 1.29 is 0 Å². The number of nitrogens with zero attached hydrogens (tertiary/aromatic N) is 2. The maximum Gasteiger partial charge on any atom is 0.124 e. The van der Waals surface area contributed by atoms with Crippen LogP contribution in [-0.2, 0) is 0 Å². The van der Waals surface area contributed by atoms with Gasteiger partial charge in [0.15, 0.2) is 0 Å². The molecule has 0 fully saturated rings. The Kier molecular flexibility index (Phi) is 3.67. The highest BCUT2D eigenvalue weighted by Gasteiger charge is 2.15. The van der Waals surface area contributed by atoms with Crippen molar-refractivity contribution in [2.24, 2.45) is 5.10 Å². The summed E-state index contributed by atoms with van der Waals surface area (Å²) >= 11 is 5.95. The van der Waals surface area contributed by atoms with E-state index in [1.165, 1.54) is 0 Å². The summed E-state index contributed by atoms with van der Waals surface area (Å²) in [6, 6.07) is 7.79. The van der Waals surface area contributed by atoms with Gasteiger partial charge >= 0.3 is 0 Å². The van der Waals surface area contributed by atoms with Crippen LogP contribution in [0.2, 0.25) is 5.02 Å². The predicted octanol–water partition coefficient (Wildman–Crippen LogP) is 2.86. The van der Waals surface area contributed by atoms with E-state index in [2.05, 4.69) is 17.3 Å². The molecule has 1 aliphatic heterocycles. The average molecular weight is 238 g/mol. The smallest absolute Gasteiger partial charge is 0.124 e. The van der Waals surface area contributed by atoms with Crippen molar-refractivity contribution in [3.05, 3.63) is 29.3 Å². The van der Waals surface area contributed by atoms with Gasteiger partial charge in [-0.2, -0.15) is 5.10 Å². The van der Waals surface area contributed by atoms with Crippen molar-refractivity contribution in [1.29, 1.82) is 0 Å². The lowest BCUT2D eigenvalue weighted by molar-refractivity contribution is 0.831. The number of hydrazone groups is 1. The SMILES string of the molecule is CCCNC1=NN(c2cccc(Cl)c2)CC1. The summed E-state index contributed by atoms with van der Waals surface area (Å²) in [5, 5.41) is 10.6. The van der Waals surface area contributed by atoms with Crippen LogP contribution in [0.15, 0.2) is 29.4 Å². The number of hydrogen-bond donors (Lipinski definition) is 1. The summed E-state index contributed by atoms with van der Waals surface area (Å²) in [5.74, 6) is 1.07. The van der Waals surface area contributed by atoms with Crippen molar-refractivity contribution in [3.8, 4) is 0 Å². The first-order valence-electron chi connectivity index (χ1n) is 5.64. The molecule has 0 atom stereocenters. The van der Waals surface area contributed by atoms with E-state index in [0.29, 0.717) is 0 Å². The quantitative estimate of drug-likeness (QED) is 0.876. The van der Waals surface area contributed by atoms with Crippen LogP contribution in [0.3, 0.4) is 0 Å². The minimum atomic E-state index is 0.752. The summed E-state index contributed by atoms with van der Waals surface area (Å²) in [4.78, 5) is 0. The van der Waals surface area contributed by atoms with E-state index in [1.807, 2.05) is 29.3 Å². The first-order chi connectivity index (χ1) is 7.79. The van der Waals surface area contributed by atoms with Crippen molar-refractivity contribution >= 4 is 23.1 Å². The maximum absolute atomic E-state index is 5.95. The Labute approximate surface area is 101 Å². The summed E-state index contributed by atoms with van der Waals surface area (Å²) in [6.45, 7) is 4.06. The summed E-state index contributed by atoms with van der Waals surface area (Å²) in [5.41, 5.74) is 1.06. The van der Waals surface area contributed by atoms with Gasteiger partial charge in [-0.25, -0.2) is 0 Å². The molecule has 1 aliphatic rings. The van der Waals surface area contributed by atoms with E-state index in [4.69, 9.17) is 11.6 Å². The first-order valence-corrected chi connectivity index (χ1v) is 6.02. The Morgan fingerprint density at radius 2 is 2.38 bits per heavy atom. The second-order valence-electron chi connectivity index (χ2n) is 3.83. The third-order valence-electron chi connectivity index (χ3n) is 2.49. The molecule has 16 heavy (non-hydrogen) atoms. The van der Waals surface area contributed by atoms with Gasteiger partial charge in [0.25, 0.3) is 0 Å². The molecule has 4 heteroatoms. The Balaban J connectivity index is 2.04. The third kappa shape index (κ3) is 2.67. The molecule has 2 rings (SSSR count). The largest absolute Gasteiger partial charge is 0.372 e. The highest BCUT2D eigenvalue weighted by molar-refractivity contribution is 6.30. The maximum atomic E-state index is 5.95. The Hall–Kier alpha value is -1.22. The number of anilines is 1. The topological polar surface area (TPSA) is 27.6 Å². The monoisotopic (exact) mass is 237 g/mol. The zero-order chi connectivity index (χ0) is 11.4. The number of rotatable bonds is 3. The molecule has 3 nitrogen and oxygen atoms in total. The zero-order valence-corrected chi connectivity index (χ0v) is 10.2. The molecule has 1 aromatic carbocycles. The number of hydrogen-bond acceptors (Lipinski definition) is 3. The van der Waals surface area contributed by atoms with Crippen molar-refractivity contribution in [1.82, 2.24) is 5.32 Å². The Morgan fingerprint density at radius 3 is 3.12 bits per heavy atom. The summed E-state index contributed by atoms with van der Waals surface area (Å²) in [7, 11) is 0. The highest BCUT2D eigenvalue weighted by atomic mass is 35.5. The lowest BCUT2D eigenvalue weighted by Gasteiger charge is -2.13. The second kappa shape index (κ2) is 5.21.